The lowest BCUT2D eigenvalue weighted by atomic mass is 9.91. The molecule has 0 atom stereocenters. The zero-order chi connectivity index (χ0) is 12.1. The van der Waals surface area contributed by atoms with Crippen molar-refractivity contribution in [3.05, 3.63) is 35.4 Å². The molecule has 0 unspecified atom stereocenters. The Balaban J connectivity index is 2.08. The lowest BCUT2D eigenvalue weighted by Gasteiger charge is -2.34. The second-order valence-electron chi connectivity index (χ2n) is 4.62. The van der Waals surface area contributed by atoms with Crippen LogP contribution in [-0.2, 0) is 6.54 Å². The topological polar surface area (TPSA) is 23.5 Å². The van der Waals surface area contributed by atoms with E-state index in [0.717, 1.165) is 18.2 Å². The zero-order valence-corrected chi connectivity index (χ0v) is 10.3. The van der Waals surface area contributed by atoms with Crippen molar-refractivity contribution in [2.24, 2.45) is 0 Å². The fraction of sp³-hybridized carbons (Fsp3) is 0.467. The van der Waals surface area contributed by atoms with Crippen molar-refractivity contribution in [3.8, 4) is 11.8 Å². The van der Waals surface area contributed by atoms with E-state index < -0.39 is 0 Å². The highest BCUT2D eigenvalue weighted by Gasteiger charge is 2.22. The van der Waals surface area contributed by atoms with Gasteiger partial charge in [-0.15, -0.1) is 0 Å². The van der Waals surface area contributed by atoms with Crippen LogP contribution < -0.4 is 0 Å². The largest absolute Gasteiger partial charge is 0.384 e. The Morgan fingerprint density at radius 3 is 2.76 bits per heavy atom. The molecular weight excluding hydrogens is 210 g/mol. The molecule has 17 heavy (non-hydrogen) atoms. The van der Waals surface area contributed by atoms with E-state index in [4.69, 9.17) is 5.11 Å². The molecule has 2 nitrogen and oxygen atoms in total. The van der Waals surface area contributed by atoms with Crippen LogP contribution >= 0.6 is 0 Å². The van der Waals surface area contributed by atoms with E-state index in [9.17, 15) is 0 Å². The van der Waals surface area contributed by atoms with Gasteiger partial charge in [-0.2, -0.15) is 0 Å². The Kier molecular flexibility index (Phi) is 4.19. The van der Waals surface area contributed by atoms with Gasteiger partial charge in [-0.25, -0.2) is 0 Å². The van der Waals surface area contributed by atoms with Gasteiger partial charge in [-0.1, -0.05) is 36.5 Å². The van der Waals surface area contributed by atoms with E-state index in [0.29, 0.717) is 0 Å². The van der Waals surface area contributed by atoms with Gasteiger partial charge in [0.15, 0.2) is 0 Å². The molecule has 1 N–H and O–H groups in total. The van der Waals surface area contributed by atoms with Crippen molar-refractivity contribution < 1.29 is 5.11 Å². The molecule has 0 saturated heterocycles. The summed E-state index contributed by atoms with van der Waals surface area (Å²) < 4.78 is 0. The standard InChI is InChI=1S/C15H19NO/c1-16(15-9-4-10-15)12-14-7-3-2-6-13(14)8-5-11-17/h2-3,6-7,15,17H,4,9-12H2,1H3. The summed E-state index contributed by atoms with van der Waals surface area (Å²) in [4.78, 5) is 2.41. The lowest BCUT2D eigenvalue weighted by molar-refractivity contribution is 0.152. The molecule has 1 fully saturated rings. The maximum absolute atomic E-state index is 8.75. The molecule has 0 radical (unpaired) electrons. The molecule has 2 heteroatoms. The molecule has 1 saturated carbocycles. The van der Waals surface area contributed by atoms with Crippen LogP contribution in [0.1, 0.15) is 30.4 Å². The van der Waals surface area contributed by atoms with Crippen molar-refractivity contribution in [3.63, 3.8) is 0 Å². The first kappa shape index (κ1) is 12.2. The first-order valence-electron chi connectivity index (χ1n) is 6.19. The molecule has 2 rings (SSSR count). The predicted molar refractivity (Wildman–Crippen MR) is 69.5 cm³/mol. The van der Waals surface area contributed by atoms with Crippen LogP contribution in [0.5, 0.6) is 0 Å². The van der Waals surface area contributed by atoms with E-state index in [-0.39, 0.29) is 6.61 Å². The minimum atomic E-state index is -0.0766. The third-order valence-corrected chi connectivity index (χ3v) is 3.44. The third kappa shape index (κ3) is 3.09. The van der Waals surface area contributed by atoms with Gasteiger partial charge in [-0.3, -0.25) is 4.90 Å². The molecule has 1 aliphatic carbocycles. The van der Waals surface area contributed by atoms with Gasteiger partial charge in [0.1, 0.15) is 6.61 Å². The number of nitrogens with zero attached hydrogens (tertiary/aromatic N) is 1. The van der Waals surface area contributed by atoms with Crippen molar-refractivity contribution in [2.45, 2.75) is 31.8 Å². The number of hydrogen-bond acceptors (Lipinski definition) is 2. The van der Waals surface area contributed by atoms with E-state index in [1.807, 2.05) is 18.2 Å². The molecule has 1 aromatic rings. The first-order valence-corrected chi connectivity index (χ1v) is 6.19. The van der Waals surface area contributed by atoms with Crippen molar-refractivity contribution >= 4 is 0 Å². The minimum Gasteiger partial charge on any atom is -0.384 e. The highest BCUT2D eigenvalue weighted by molar-refractivity contribution is 5.41. The van der Waals surface area contributed by atoms with Gasteiger partial charge in [0.05, 0.1) is 0 Å². The highest BCUT2D eigenvalue weighted by atomic mass is 16.2. The van der Waals surface area contributed by atoms with Crippen LogP contribution in [0, 0.1) is 11.8 Å². The average Bonchev–Trinajstić information content (AvgIpc) is 2.25. The van der Waals surface area contributed by atoms with Gasteiger partial charge in [0.2, 0.25) is 0 Å². The van der Waals surface area contributed by atoms with Crippen molar-refractivity contribution in [1.82, 2.24) is 4.90 Å². The molecule has 1 aromatic carbocycles. The summed E-state index contributed by atoms with van der Waals surface area (Å²) in [5, 5.41) is 8.75. The maximum atomic E-state index is 8.75. The third-order valence-electron chi connectivity index (χ3n) is 3.44. The summed E-state index contributed by atoms with van der Waals surface area (Å²) in [6.07, 6.45) is 4.00. The normalized spacial score (nSPS) is 15.2. The number of benzene rings is 1. The van der Waals surface area contributed by atoms with Gasteiger partial charge in [0.25, 0.3) is 0 Å². The van der Waals surface area contributed by atoms with Crippen LogP contribution in [0.3, 0.4) is 0 Å². The summed E-state index contributed by atoms with van der Waals surface area (Å²) in [7, 11) is 2.18. The fourth-order valence-electron chi connectivity index (χ4n) is 2.14. The lowest BCUT2D eigenvalue weighted by Crippen LogP contribution is -2.36. The smallest absolute Gasteiger partial charge is 0.104 e. The summed E-state index contributed by atoms with van der Waals surface area (Å²) in [6.45, 7) is 0.869. The summed E-state index contributed by atoms with van der Waals surface area (Å²) in [5.41, 5.74) is 2.29. The number of aliphatic hydroxyl groups is 1. The number of aliphatic hydroxyl groups excluding tert-OH is 1. The summed E-state index contributed by atoms with van der Waals surface area (Å²) >= 11 is 0. The fourth-order valence-corrected chi connectivity index (χ4v) is 2.14. The quantitative estimate of drug-likeness (QED) is 0.802. The molecule has 0 amide bonds. The summed E-state index contributed by atoms with van der Waals surface area (Å²) in [6, 6.07) is 8.93. The van der Waals surface area contributed by atoms with E-state index in [2.05, 4.69) is 29.9 Å². The molecule has 0 spiro atoms. The SMILES string of the molecule is CN(Cc1ccccc1C#CCO)C1CCC1. The minimum absolute atomic E-state index is 0.0766. The summed E-state index contributed by atoms with van der Waals surface area (Å²) in [5.74, 6) is 5.74. The van der Waals surface area contributed by atoms with E-state index in [1.165, 1.54) is 24.8 Å². The Bertz CT molecular complexity index is 426. The monoisotopic (exact) mass is 229 g/mol. The first-order chi connectivity index (χ1) is 8.31. The van der Waals surface area contributed by atoms with Crippen LogP contribution in [0.4, 0.5) is 0 Å². The molecule has 0 aromatic heterocycles. The number of rotatable bonds is 3. The second kappa shape index (κ2) is 5.86. The van der Waals surface area contributed by atoms with Crippen molar-refractivity contribution in [2.75, 3.05) is 13.7 Å². The zero-order valence-electron chi connectivity index (χ0n) is 10.3. The number of hydrogen-bond donors (Lipinski definition) is 1. The highest BCUT2D eigenvalue weighted by Crippen LogP contribution is 2.25. The van der Waals surface area contributed by atoms with Crippen molar-refractivity contribution in [1.29, 1.82) is 0 Å². The molecular formula is C15H19NO. The molecule has 0 bridgehead atoms. The van der Waals surface area contributed by atoms with Crippen LogP contribution in [0.25, 0.3) is 0 Å². The van der Waals surface area contributed by atoms with Crippen LogP contribution in [-0.4, -0.2) is 29.7 Å². The van der Waals surface area contributed by atoms with Gasteiger partial charge >= 0.3 is 0 Å². The van der Waals surface area contributed by atoms with Crippen LogP contribution in [0.2, 0.25) is 0 Å². The van der Waals surface area contributed by atoms with Gasteiger partial charge < -0.3 is 5.11 Å². The molecule has 90 valence electrons. The van der Waals surface area contributed by atoms with Gasteiger partial charge in [0, 0.05) is 18.2 Å². The van der Waals surface area contributed by atoms with Gasteiger partial charge in [-0.05, 0) is 31.5 Å². The molecule has 0 heterocycles. The average molecular weight is 229 g/mol. The van der Waals surface area contributed by atoms with E-state index >= 15 is 0 Å². The van der Waals surface area contributed by atoms with Crippen LogP contribution in [0.15, 0.2) is 24.3 Å². The Morgan fingerprint density at radius 1 is 1.35 bits per heavy atom. The molecule has 0 aliphatic heterocycles. The van der Waals surface area contributed by atoms with E-state index in [1.54, 1.807) is 0 Å². The maximum Gasteiger partial charge on any atom is 0.104 e. The Hall–Kier alpha value is -1.30. The Morgan fingerprint density at radius 2 is 2.12 bits per heavy atom. The predicted octanol–water partition coefficient (Wildman–Crippen LogP) is 2.01. The Labute approximate surface area is 103 Å². The molecule has 1 aliphatic rings. The second-order valence-corrected chi connectivity index (χ2v) is 4.62.